The summed E-state index contributed by atoms with van der Waals surface area (Å²) in [5.41, 5.74) is 3.40. The van der Waals surface area contributed by atoms with Crippen molar-refractivity contribution < 1.29 is 9.53 Å². The molecular weight excluding hydrogens is 334 g/mol. The third kappa shape index (κ3) is 2.53. The molecule has 0 bridgehead atoms. The molecule has 25 heavy (non-hydrogen) atoms. The molecule has 3 heterocycles. The van der Waals surface area contributed by atoms with Gasteiger partial charge in [-0.2, -0.15) is 5.10 Å². The summed E-state index contributed by atoms with van der Waals surface area (Å²) in [7, 11) is 1.65. The number of methoxy groups -OCH3 is 1. The van der Waals surface area contributed by atoms with E-state index in [4.69, 9.17) is 4.74 Å². The van der Waals surface area contributed by atoms with Crippen molar-refractivity contribution in [2.24, 2.45) is 0 Å². The molecule has 0 unspecified atom stereocenters. The molecule has 6 heteroatoms. The quantitative estimate of drug-likeness (QED) is 0.751. The van der Waals surface area contributed by atoms with Crippen molar-refractivity contribution in [3.63, 3.8) is 0 Å². The third-order valence-corrected chi connectivity index (χ3v) is 5.43. The number of H-pyrrole nitrogens is 1. The van der Waals surface area contributed by atoms with Crippen molar-refractivity contribution in [2.75, 3.05) is 13.7 Å². The van der Waals surface area contributed by atoms with Crippen molar-refractivity contribution >= 4 is 17.2 Å². The zero-order chi connectivity index (χ0) is 17.4. The fraction of sp³-hybridized carbons (Fsp3) is 0.263. The van der Waals surface area contributed by atoms with Crippen LogP contribution in [0.15, 0.2) is 41.8 Å². The third-order valence-electron chi connectivity index (χ3n) is 4.50. The highest BCUT2D eigenvalue weighted by molar-refractivity contribution is 7.10. The highest BCUT2D eigenvalue weighted by atomic mass is 32.1. The topological polar surface area (TPSA) is 58.2 Å². The Morgan fingerprint density at radius 2 is 2.08 bits per heavy atom. The fourth-order valence-electron chi connectivity index (χ4n) is 3.38. The molecule has 0 spiro atoms. The Morgan fingerprint density at radius 1 is 1.28 bits per heavy atom. The zero-order valence-corrected chi connectivity index (χ0v) is 15.0. The number of aromatic nitrogens is 2. The summed E-state index contributed by atoms with van der Waals surface area (Å²) >= 11 is 1.67. The Balaban J connectivity index is 1.84. The first-order valence-electron chi connectivity index (χ1n) is 8.31. The summed E-state index contributed by atoms with van der Waals surface area (Å²) in [5, 5.41) is 9.49. The van der Waals surface area contributed by atoms with E-state index in [1.165, 1.54) is 0 Å². The number of nitrogens with one attached hydrogen (secondary N) is 1. The van der Waals surface area contributed by atoms with Gasteiger partial charge in [-0.3, -0.25) is 9.89 Å². The van der Waals surface area contributed by atoms with Gasteiger partial charge in [0.2, 0.25) is 0 Å². The van der Waals surface area contributed by atoms with Crippen LogP contribution in [-0.4, -0.2) is 34.7 Å². The Morgan fingerprint density at radius 3 is 2.72 bits per heavy atom. The first-order chi connectivity index (χ1) is 12.2. The van der Waals surface area contributed by atoms with Crippen LogP contribution in [0.3, 0.4) is 0 Å². The lowest BCUT2D eigenvalue weighted by Gasteiger charge is -2.24. The summed E-state index contributed by atoms with van der Waals surface area (Å²) in [6, 6.07) is 11.8. The highest BCUT2D eigenvalue weighted by Gasteiger charge is 2.42. The second-order valence-corrected chi connectivity index (χ2v) is 6.99. The van der Waals surface area contributed by atoms with E-state index in [1.54, 1.807) is 18.4 Å². The molecule has 1 atom stereocenters. The van der Waals surface area contributed by atoms with E-state index in [-0.39, 0.29) is 11.9 Å². The number of rotatable bonds is 5. The van der Waals surface area contributed by atoms with Crippen LogP contribution < -0.4 is 4.74 Å². The monoisotopic (exact) mass is 353 g/mol. The van der Waals surface area contributed by atoms with E-state index in [1.807, 2.05) is 35.2 Å². The molecule has 0 fully saturated rings. The van der Waals surface area contributed by atoms with Crippen LogP contribution in [0.1, 0.15) is 40.3 Å². The van der Waals surface area contributed by atoms with Gasteiger partial charge < -0.3 is 9.64 Å². The number of hydrogen-bond donors (Lipinski definition) is 1. The van der Waals surface area contributed by atoms with Crippen LogP contribution in [-0.2, 0) is 0 Å². The number of carbonyl (C=O) groups excluding carboxylic acids is 1. The lowest BCUT2D eigenvalue weighted by Crippen LogP contribution is -2.29. The average molecular weight is 353 g/mol. The summed E-state index contributed by atoms with van der Waals surface area (Å²) in [5.74, 6) is 0.830. The van der Waals surface area contributed by atoms with Crippen molar-refractivity contribution in [3.8, 4) is 17.0 Å². The van der Waals surface area contributed by atoms with Gasteiger partial charge in [-0.05, 0) is 42.1 Å². The normalized spacial score (nSPS) is 16.3. The predicted molar refractivity (Wildman–Crippen MR) is 98.1 cm³/mol. The number of ether oxygens (including phenoxy) is 1. The van der Waals surface area contributed by atoms with E-state index < -0.39 is 0 Å². The van der Waals surface area contributed by atoms with Crippen LogP contribution in [0.25, 0.3) is 11.3 Å². The standard InChI is InChI=1S/C19H19N3O2S/c1-3-10-22-18(14-5-4-11-25-14)15-16(20-21-17(15)19(22)23)12-6-8-13(24-2)9-7-12/h4-9,11,18H,3,10H2,1-2H3,(H,20,21)/t18-/m0/s1. The van der Waals surface area contributed by atoms with E-state index >= 15 is 0 Å². The molecule has 3 aromatic rings. The number of aromatic amines is 1. The van der Waals surface area contributed by atoms with Gasteiger partial charge in [-0.25, -0.2) is 0 Å². The molecule has 1 aliphatic rings. The molecule has 4 rings (SSSR count). The van der Waals surface area contributed by atoms with E-state index in [9.17, 15) is 4.79 Å². The number of nitrogens with zero attached hydrogens (tertiary/aromatic N) is 2. The maximum Gasteiger partial charge on any atom is 0.273 e. The van der Waals surface area contributed by atoms with Crippen molar-refractivity contribution in [2.45, 2.75) is 19.4 Å². The largest absolute Gasteiger partial charge is 0.497 e. The summed E-state index contributed by atoms with van der Waals surface area (Å²) in [6.45, 7) is 2.82. The minimum absolute atomic E-state index is 0.0301. The van der Waals surface area contributed by atoms with Crippen LogP contribution in [0.5, 0.6) is 5.75 Å². The molecule has 0 aliphatic carbocycles. The summed E-state index contributed by atoms with van der Waals surface area (Å²) in [4.78, 5) is 16.0. The van der Waals surface area contributed by atoms with E-state index in [0.717, 1.165) is 40.4 Å². The molecule has 1 aliphatic heterocycles. The first-order valence-corrected chi connectivity index (χ1v) is 9.19. The second kappa shape index (κ2) is 6.37. The van der Waals surface area contributed by atoms with Crippen LogP contribution in [0, 0.1) is 0 Å². The van der Waals surface area contributed by atoms with Gasteiger partial charge in [-0.15, -0.1) is 11.3 Å². The minimum Gasteiger partial charge on any atom is -0.497 e. The van der Waals surface area contributed by atoms with Gasteiger partial charge in [0.25, 0.3) is 5.91 Å². The highest BCUT2D eigenvalue weighted by Crippen LogP contribution is 2.44. The molecule has 0 saturated carbocycles. The molecule has 1 aromatic carbocycles. The zero-order valence-electron chi connectivity index (χ0n) is 14.2. The predicted octanol–water partition coefficient (Wildman–Crippen LogP) is 4.10. The average Bonchev–Trinajstić information content (AvgIpc) is 3.35. The molecule has 1 amide bonds. The lowest BCUT2D eigenvalue weighted by atomic mass is 10.0. The van der Waals surface area contributed by atoms with Gasteiger partial charge >= 0.3 is 0 Å². The Kier molecular flexibility index (Phi) is 4.05. The van der Waals surface area contributed by atoms with Crippen LogP contribution >= 0.6 is 11.3 Å². The SMILES string of the molecule is CCCN1C(=O)c2[nH]nc(-c3ccc(OC)cc3)c2[C@@H]1c1cccs1. The summed E-state index contributed by atoms with van der Waals surface area (Å²) < 4.78 is 5.24. The van der Waals surface area contributed by atoms with Gasteiger partial charge in [0, 0.05) is 22.5 Å². The Hall–Kier alpha value is -2.60. The van der Waals surface area contributed by atoms with Crippen molar-refractivity contribution in [1.29, 1.82) is 0 Å². The number of hydrogen-bond acceptors (Lipinski definition) is 4. The summed E-state index contributed by atoms with van der Waals surface area (Å²) in [6.07, 6.45) is 0.920. The van der Waals surface area contributed by atoms with E-state index in [0.29, 0.717) is 5.69 Å². The van der Waals surface area contributed by atoms with Crippen LogP contribution in [0.2, 0.25) is 0 Å². The molecular formula is C19H19N3O2S. The Labute approximate surface area is 150 Å². The van der Waals surface area contributed by atoms with Gasteiger partial charge in [-0.1, -0.05) is 13.0 Å². The minimum atomic E-state index is -0.0710. The Bertz CT molecular complexity index is 884. The van der Waals surface area contributed by atoms with E-state index in [2.05, 4.69) is 28.6 Å². The van der Waals surface area contributed by atoms with Crippen molar-refractivity contribution in [3.05, 3.63) is 57.9 Å². The van der Waals surface area contributed by atoms with Crippen molar-refractivity contribution in [1.82, 2.24) is 15.1 Å². The lowest BCUT2D eigenvalue weighted by molar-refractivity contribution is 0.0746. The number of carbonyl (C=O) groups is 1. The maximum atomic E-state index is 12.9. The van der Waals surface area contributed by atoms with Gasteiger partial charge in [0.1, 0.15) is 11.4 Å². The fourth-order valence-corrected chi connectivity index (χ4v) is 4.23. The van der Waals surface area contributed by atoms with Gasteiger partial charge in [0.15, 0.2) is 0 Å². The van der Waals surface area contributed by atoms with Crippen LogP contribution in [0.4, 0.5) is 0 Å². The number of benzene rings is 1. The molecule has 128 valence electrons. The maximum absolute atomic E-state index is 12.9. The number of fused-ring (bicyclic) bond motifs is 1. The first kappa shape index (κ1) is 15.9. The molecule has 2 aromatic heterocycles. The molecule has 0 radical (unpaired) electrons. The smallest absolute Gasteiger partial charge is 0.273 e. The number of amides is 1. The number of thiophene rings is 1. The molecule has 1 N–H and O–H groups in total. The second-order valence-electron chi connectivity index (χ2n) is 6.01. The molecule has 5 nitrogen and oxygen atoms in total. The van der Waals surface area contributed by atoms with Gasteiger partial charge in [0.05, 0.1) is 18.8 Å². The molecule has 0 saturated heterocycles.